The fourth-order valence-corrected chi connectivity index (χ4v) is 2.16. The first-order valence-corrected chi connectivity index (χ1v) is 6.07. The largest absolute Gasteiger partial charge is 0.271 e. The summed E-state index contributed by atoms with van der Waals surface area (Å²) in [6, 6.07) is 6.15. The number of aryl methyl sites for hydroxylation is 1. The molecule has 0 aliphatic carbocycles. The summed E-state index contributed by atoms with van der Waals surface area (Å²) in [5.74, 6) is 0.509. The molecule has 0 spiro atoms. The van der Waals surface area contributed by atoms with Gasteiger partial charge in [0.1, 0.15) is 11.0 Å². The van der Waals surface area contributed by atoms with Crippen LogP contribution in [0.3, 0.4) is 0 Å². The molecule has 0 fully saturated rings. The number of hydrogen-bond donors (Lipinski definition) is 0. The molecule has 3 rings (SSSR count). The number of nitro benzene ring substituents is 1. The number of non-ortho nitro benzene ring substituents is 1. The Balaban J connectivity index is 2.25. The van der Waals surface area contributed by atoms with Gasteiger partial charge in [-0.3, -0.25) is 10.1 Å². The van der Waals surface area contributed by atoms with E-state index in [9.17, 15) is 10.1 Å². The number of aromatic nitrogens is 4. The van der Waals surface area contributed by atoms with E-state index in [1.165, 1.54) is 23.0 Å². The van der Waals surface area contributed by atoms with Crippen molar-refractivity contribution in [3.8, 4) is 5.69 Å². The summed E-state index contributed by atoms with van der Waals surface area (Å²) < 4.78 is 1.50. The monoisotopic (exact) mass is 289 g/mol. The van der Waals surface area contributed by atoms with Crippen LogP contribution in [0.5, 0.6) is 0 Å². The number of benzene rings is 1. The second-order valence-corrected chi connectivity index (χ2v) is 4.49. The smallest absolute Gasteiger partial charge is 0.258 e. The van der Waals surface area contributed by atoms with Gasteiger partial charge in [0.25, 0.3) is 5.69 Å². The van der Waals surface area contributed by atoms with Crippen molar-refractivity contribution < 1.29 is 4.92 Å². The minimum Gasteiger partial charge on any atom is -0.258 e. The van der Waals surface area contributed by atoms with E-state index in [1.54, 1.807) is 19.1 Å². The molecular weight excluding hydrogens is 282 g/mol. The Morgan fingerprint density at radius 3 is 2.90 bits per heavy atom. The summed E-state index contributed by atoms with van der Waals surface area (Å²) in [5, 5.41) is 15.9. The van der Waals surface area contributed by atoms with Gasteiger partial charge in [-0.1, -0.05) is 17.7 Å². The average molecular weight is 290 g/mol. The fraction of sp³-hybridized carbons (Fsp3) is 0.0833. The van der Waals surface area contributed by atoms with E-state index >= 15 is 0 Å². The van der Waals surface area contributed by atoms with Crippen molar-refractivity contribution >= 4 is 28.3 Å². The first-order chi connectivity index (χ1) is 9.56. The lowest BCUT2D eigenvalue weighted by atomic mass is 10.3. The minimum absolute atomic E-state index is 0.0111. The molecule has 100 valence electrons. The molecule has 0 amide bonds. The zero-order valence-corrected chi connectivity index (χ0v) is 11.1. The lowest BCUT2D eigenvalue weighted by Gasteiger charge is -2.03. The Morgan fingerprint density at radius 1 is 1.35 bits per heavy atom. The van der Waals surface area contributed by atoms with E-state index in [0.29, 0.717) is 27.7 Å². The molecule has 0 atom stereocenters. The molecule has 0 saturated heterocycles. The summed E-state index contributed by atoms with van der Waals surface area (Å²) in [5.41, 5.74) is 1.05. The van der Waals surface area contributed by atoms with Crippen LogP contribution in [0, 0.1) is 17.0 Å². The Labute approximate surface area is 118 Å². The van der Waals surface area contributed by atoms with E-state index in [0.717, 1.165) is 0 Å². The number of rotatable bonds is 2. The van der Waals surface area contributed by atoms with E-state index < -0.39 is 4.92 Å². The third kappa shape index (κ3) is 1.97. The molecule has 2 heterocycles. The van der Waals surface area contributed by atoms with Crippen LogP contribution in [0.1, 0.15) is 5.82 Å². The van der Waals surface area contributed by atoms with Gasteiger partial charge in [0.05, 0.1) is 22.2 Å². The molecule has 2 aromatic heterocycles. The van der Waals surface area contributed by atoms with E-state index in [-0.39, 0.29) is 5.69 Å². The summed E-state index contributed by atoms with van der Waals surface area (Å²) in [6.07, 6.45) is 1.54. The topological polar surface area (TPSA) is 86.7 Å². The number of fused-ring (bicyclic) bond motifs is 1. The van der Waals surface area contributed by atoms with Crippen LogP contribution < -0.4 is 0 Å². The lowest BCUT2D eigenvalue weighted by molar-refractivity contribution is -0.384. The third-order valence-electron chi connectivity index (χ3n) is 2.78. The summed E-state index contributed by atoms with van der Waals surface area (Å²) in [7, 11) is 0. The van der Waals surface area contributed by atoms with Gasteiger partial charge in [0.2, 0.25) is 0 Å². The standard InChI is InChI=1S/C12H8ClN5O2/c1-7-15-11(13)10-6-14-17(12(10)16-7)8-3-2-4-9(5-8)18(19)20/h2-6H,1H3. The van der Waals surface area contributed by atoms with Crippen LogP contribution >= 0.6 is 11.6 Å². The molecule has 7 nitrogen and oxygen atoms in total. The predicted octanol–water partition coefficient (Wildman–Crippen LogP) is 2.69. The van der Waals surface area contributed by atoms with Crippen molar-refractivity contribution in [1.29, 1.82) is 0 Å². The molecule has 8 heteroatoms. The van der Waals surface area contributed by atoms with Gasteiger partial charge in [0, 0.05) is 12.1 Å². The zero-order chi connectivity index (χ0) is 14.3. The molecule has 0 bridgehead atoms. The Bertz CT molecular complexity index is 830. The average Bonchev–Trinajstić information content (AvgIpc) is 2.82. The molecule has 3 aromatic rings. The van der Waals surface area contributed by atoms with Crippen LogP contribution in [0.4, 0.5) is 5.69 Å². The molecule has 0 unspecified atom stereocenters. The highest BCUT2D eigenvalue weighted by Gasteiger charge is 2.13. The number of hydrogen-bond acceptors (Lipinski definition) is 5. The molecular formula is C12H8ClN5O2. The van der Waals surface area contributed by atoms with Crippen molar-refractivity contribution in [2.45, 2.75) is 6.92 Å². The van der Waals surface area contributed by atoms with Crippen molar-refractivity contribution in [3.05, 3.63) is 51.6 Å². The van der Waals surface area contributed by atoms with Gasteiger partial charge in [-0.25, -0.2) is 14.6 Å². The molecule has 20 heavy (non-hydrogen) atoms. The van der Waals surface area contributed by atoms with E-state index in [1.807, 2.05) is 0 Å². The Kier molecular flexibility index (Phi) is 2.83. The number of halogens is 1. The van der Waals surface area contributed by atoms with Crippen molar-refractivity contribution in [2.24, 2.45) is 0 Å². The summed E-state index contributed by atoms with van der Waals surface area (Å²) >= 11 is 6.03. The van der Waals surface area contributed by atoms with Crippen LogP contribution in [0.25, 0.3) is 16.7 Å². The molecule has 1 aromatic carbocycles. The normalized spacial score (nSPS) is 10.9. The highest BCUT2D eigenvalue weighted by atomic mass is 35.5. The SMILES string of the molecule is Cc1nc(Cl)c2cnn(-c3cccc([N+](=O)[O-])c3)c2n1. The maximum Gasteiger partial charge on any atom is 0.271 e. The summed E-state index contributed by atoms with van der Waals surface area (Å²) in [6.45, 7) is 1.72. The van der Waals surface area contributed by atoms with Gasteiger partial charge in [-0.05, 0) is 13.0 Å². The maximum absolute atomic E-state index is 10.8. The highest BCUT2D eigenvalue weighted by Crippen LogP contribution is 2.24. The van der Waals surface area contributed by atoms with Gasteiger partial charge in [-0.2, -0.15) is 5.10 Å². The van der Waals surface area contributed by atoms with Gasteiger partial charge >= 0.3 is 0 Å². The van der Waals surface area contributed by atoms with Gasteiger partial charge in [0.15, 0.2) is 5.65 Å². The van der Waals surface area contributed by atoms with E-state index in [2.05, 4.69) is 15.1 Å². The lowest BCUT2D eigenvalue weighted by Crippen LogP contribution is -2.00. The van der Waals surface area contributed by atoms with Crippen molar-refractivity contribution in [1.82, 2.24) is 19.7 Å². The zero-order valence-electron chi connectivity index (χ0n) is 10.3. The Hall–Kier alpha value is -2.54. The number of nitro groups is 1. The quantitative estimate of drug-likeness (QED) is 0.411. The highest BCUT2D eigenvalue weighted by molar-refractivity contribution is 6.33. The van der Waals surface area contributed by atoms with Crippen LogP contribution in [0.2, 0.25) is 5.15 Å². The third-order valence-corrected chi connectivity index (χ3v) is 3.07. The molecule has 0 saturated carbocycles. The van der Waals surface area contributed by atoms with Crippen LogP contribution in [-0.4, -0.2) is 24.7 Å². The van der Waals surface area contributed by atoms with Crippen molar-refractivity contribution in [2.75, 3.05) is 0 Å². The molecule has 0 N–H and O–H groups in total. The molecule has 0 radical (unpaired) electrons. The predicted molar refractivity (Wildman–Crippen MR) is 73.1 cm³/mol. The first kappa shape index (κ1) is 12.5. The second-order valence-electron chi connectivity index (χ2n) is 4.13. The van der Waals surface area contributed by atoms with Crippen molar-refractivity contribution in [3.63, 3.8) is 0 Å². The molecule has 0 aliphatic rings. The van der Waals surface area contributed by atoms with E-state index in [4.69, 9.17) is 11.6 Å². The summed E-state index contributed by atoms with van der Waals surface area (Å²) in [4.78, 5) is 18.7. The minimum atomic E-state index is -0.456. The molecule has 0 aliphatic heterocycles. The van der Waals surface area contributed by atoms with Gasteiger partial charge in [-0.15, -0.1) is 0 Å². The maximum atomic E-state index is 10.8. The second kappa shape index (κ2) is 4.53. The first-order valence-electron chi connectivity index (χ1n) is 5.69. The number of nitrogens with zero attached hydrogens (tertiary/aromatic N) is 5. The van der Waals surface area contributed by atoms with Crippen LogP contribution in [-0.2, 0) is 0 Å². The Morgan fingerprint density at radius 2 is 2.15 bits per heavy atom. The fourth-order valence-electron chi connectivity index (χ4n) is 1.90. The van der Waals surface area contributed by atoms with Gasteiger partial charge < -0.3 is 0 Å². The van der Waals surface area contributed by atoms with Crippen LogP contribution in [0.15, 0.2) is 30.5 Å².